The summed E-state index contributed by atoms with van der Waals surface area (Å²) in [5, 5.41) is 21.1. The van der Waals surface area contributed by atoms with Crippen LogP contribution in [0.15, 0.2) is 76.8 Å². The number of hydrogen-bond donors (Lipinski definition) is 2. The van der Waals surface area contributed by atoms with Crippen LogP contribution in [0.4, 0.5) is 10.1 Å². The van der Waals surface area contributed by atoms with Gasteiger partial charge in [0.15, 0.2) is 0 Å². The maximum Gasteiger partial charge on any atom is 0.300 e. The van der Waals surface area contributed by atoms with Gasteiger partial charge in [0.25, 0.3) is 11.7 Å². The minimum absolute atomic E-state index is 0.0678. The zero-order valence-corrected chi connectivity index (χ0v) is 17.9. The molecule has 0 saturated carbocycles. The number of aryl methyl sites for hydroxylation is 1. The third-order valence-electron chi connectivity index (χ3n) is 5.15. The van der Waals surface area contributed by atoms with E-state index in [0.29, 0.717) is 11.1 Å². The third-order valence-corrected chi connectivity index (χ3v) is 6.04. The molecule has 0 bridgehead atoms. The standard InChI is InChI=1S/C24H17BrFNO4/c1-13-10-15(8-9-19(13)25)22(29)20-21(14-4-2-7-18(28)11-14)27(24(31)23(20)30)17-6-3-5-16(26)12-17/h2-12,21,28-29H,1H3/b22-20+. The zero-order chi connectivity index (χ0) is 22.3. The first kappa shape index (κ1) is 20.8. The van der Waals surface area contributed by atoms with Crippen LogP contribution in [0.2, 0.25) is 0 Å². The highest BCUT2D eigenvalue weighted by atomic mass is 79.9. The number of benzene rings is 3. The smallest absolute Gasteiger partial charge is 0.300 e. The van der Waals surface area contributed by atoms with Gasteiger partial charge in [-0.05, 0) is 60.5 Å². The van der Waals surface area contributed by atoms with Gasteiger partial charge in [-0.15, -0.1) is 0 Å². The molecule has 4 rings (SSSR count). The Balaban J connectivity index is 1.97. The molecule has 0 spiro atoms. The third kappa shape index (κ3) is 3.72. The van der Waals surface area contributed by atoms with Gasteiger partial charge in [-0.3, -0.25) is 14.5 Å². The number of anilines is 1. The highest BCUT2D eigenvalue weighted by Gasteiger charge is 2.47. The molecule has 1 atom stereocenters. The molecule has 1 aliphatic rings. The number of amides is 1. The average Bonchev–Trinajstić information content (AvgIpc) is 3.00. The van der Waals surface area contributed by atoms with Crippen LogP contribution < -0.4 is 4.90 Å². The van der Waals surface area contributed by atoms with E-state index in [1.165, 1.54) is 30.3 Å². The summed E-state index contributed by atoms with van der Waals surface area (Å²) in [7, 11) is 0. The molecule has 1 heterocycles. The molecule has 1 amide bonds. The number of Topliss-reactive ketones (excluding diaryl/α,β-unsaturated/α-hetero) is 1. The topological polar surface area (TPSA) is 77.8 Å². The molecule has 3 aromatic rings. The average molecular weight is 482 g/mol. The fraction of sp³-hybridized carbons (Fsp3) is 0.0833. The van der Waals surface area contributed by atoms with Crippen LogP contribution in [0, 0.1) is 12.7 Å². The minimum Gasteiger partial charge on any atom is -0.508 e. The number of aliphatic hydroxyl groups is 1. The summed E-state index contributed by atoms with van der Waals surface area (Å²) in [6.07, 6.45) is 0. The molecule has 1 fully saturated rings. The Morgan fingerprint density at radius 1 is 1.03 bits per heavy atom. The second-order valence-corrected chi connectivity index (χ2v) is 8.06. The normalized spacial score (nSPS) is 17.9. The van der Waals surface area contributed by atoms with Gasteiger partial charge in [-0.1, -0.05) is 40.2 Å². The van der Waals surface area contributed by atoms with Gasteiger partial charge in [0.2, 0.25) is 0 Å². The van der Waals surface area contributed by atoms with Crippen molar-refractivity contribution in [3.05, 3.63) is 99.3 Å². The zero-order valence-electron chi connectivity index (χ0n) is 16.3. The van der Waals surface area contributed by atoms with E-state index >= 15 is 0 Å². The van der Waals surface area contributed by atoms with E-state index in [1.807, 2.05) is 6.92 Å². The Morgan fingerprint density at radius 3 is 2.45 bits per heavy atom. The number of nitrogens with zero attached hydrogens (tertiary/aromatic N) is 1. The molecule has 2 N–H and O–H groups in total. The lowest BCUT2D eigenvalue weighted by Gasteiger charge is -2.25. The summed E-state index contributed by atoms with van der Waals surface area (Å²) in [4.78, 5) is 27.2. The first-order valence-electron chi connectivity index (χ1n) is 9.40. The Labute approximate surface area is 186 Å². The van der Waals surface area contributed by atoms with E-state index in [9.17, 15) is 24.2 Å². The maximum atomic E-state index is 13.9. The quantitative estimate of drug-likeness (QED) is 0.305. The lowest BCUT2D eigenvalue weighted by atomic mass is 9.94. The molecule has 1 aliphatic heterocycles. The summed E-state index contributed by atoms with van der Waals surface area (Å²) in [6, 6.07) is 15.4. The summed E-state index contributed by atoms with van der Waals surface area (Å²) in [5.74, 6) is -2.77. The van der Waals surface area contributed by atoms with Crippen molar-refractivity contribution in [2.24, 2.45) is 0 Å². The molecular weight excluding hydrogens is 465 g/mol. The van der Waals surface area contributed by atoms with Crippen molar-refractivity contribution in [1.82, 2.24) is 0 Å². The van der Waals surface area contributed by atoms with Gasteiger partial charge in [-0.25, -0.2) is 4.39 Å². The molecule has 31 heavy (non-hydrogen) atoms. The Bertz CT molecular complexity index is 1250. The second kappa shape index (κ2) is 8.00. The molecule has 0 aromatic heterocycles. The number of ketones is 1. The summed E-state index contributed by atoms with van der Waals surface area (Å²) in [5.41, 5.74) is 1.63. The van der Waals surface area contributed by atoms with Crippen LogP contribution in [0.25, 0.3) is 5.76 Å². The largest absolute Gasteiger partial charge is 0.508 e. The van der Waals surface area contributed by atoms with E-state index in [2.05, 4.69) is 15.9 Å². The fourth-order valence-corrected chi connectivity index (χ4v) is 3.93. The monoisotopic (exact) mass is 481 g/mol. The molecule has 1 saturated heterocycles. The van der Waals surface area contributed by atoms with E-state index in [4.69, 9.17) is 0 Å². The van der Waals surface area contributed by atoms with Crippen molar-refractivity contribution in [2.45, 2.75) is 13.0 Å². The minimum atomic E-state index is -1.04. The lowest BCUT2D eigenvalue weighted by molar-refractivity contribution is -0.132. The summed E-state index contributed by atoms with van der Waals surface area (Å²) in [6.45, 7) is 1.83. The lowest BCUT2D eigenvalue weighted by Crippen LogP contribution is -2.29. The predicted octanol–water partition coefficient (Wildman–Crippen LogP) is 5.23. The van der Waals surface area contributed by atoms with Crippen LogP contribution in [-0.4, -0.2) is 21.9 Å². The van der Waals surface area contributed by atoms with E-state index in [-0.39, 0.29) is 22.8 Å². The molecule has 0 radical (unpaired) electrons. The second-order valence-electron chi connectivity index (χ2n) is 7.21. The Hall–Kier alpha value is -3.45. The first-order chi connectivity index (χ1) is 14.8. The van der Waals surface area contributed by atoms with Gasteiger partial charge in [0.05, 0.1) is 11.6 Å². The van der Waals surface area contributed by atoms with Gasteiger partial charge in [-0.2, -0.15) is 0 Å². The molecule has 156 valence electrons. The summed E-state index contributed by atoms with van der Waals surface area (Å²) >= 11 is 3.40. The Kier molecular flexibility index (Phi) is 5.37. The van der Waals surface area contributed by atoms with E-state index in [1.54, 1.807) is 30.3 Å². The number of aliphatic hydroxyl groups excluding tert-OH is 1. The highest BCUT2D eigenvalue weighted by Crippen LogP contribution is 2.43. The number of phenolic OH excluding ortho intramolecular Hbond substituents is 1. The molecule has 7 heteroatoms. The number of carbonyl (C=O) groups is 2. The Morgan fingerprint density at radius 2 is 1.77 bits per heavy atom. The van der Waals surface area contributed by atoms with Crippen molar-refractivity contribution < 1.29 is 24.2 Å². The van der Waals surface area contributed by atoms with E-state index in [0.717, 1.165) is 21.0 Å². The van der Waals surface area contributed by atoms with E-state index < -0.39 is 23.5 Å². The summed E-state index contributed by atoms with van der Waals surface area (Å²) < 4.78 is 14.7. The SMILES string of the molecule is Cc1cc(/C(O)=C2\C(=O)C(=O)N(c3cccc(F)c3)C2c2cccc(O)c2)ccc1Br. The highest BCUT2D eigenvalue weighted by molar-refractivity contribution is 9.10. The van der Waals surface area contributed by atoms with Crippen LogP contribution in [-0.2, 0) is 9.59 Å². The van der Waals surface area contributed by atoms with Crippen molar-refractivity contribution >= 4 is 39.1 Å². The van der Waals surface area contributed by atoms with Crippen LogP contribution in [0.5, 0.6) is 5.75 Å². The van der Waals surface area contributed by atoms with Crippen molar-refractivity contribution in [1.29, 1.82) is 0 Å². The predicted molar refractivity (Wildman–Crippen MR) is 118 cm³/mol. The number of phenols is 1. The number of hydrogen-bond acceptors (Lipinski definition) is 4. The van der Waals surface area contributed by atoms with Gasteiger partial charge in [0.1, 0.15) is 17.3 Å². The maximum absolute atomic E-state index is 13.9. The van der Waals surface area contributed by atoms with Crippen molar-refractivity contribution in [3.8, 4) is 5.75 Å². The van der Waals surface area contributed by atoms with Crippen molar-refractivity contribution in [2.75, 3.05) is 4.90 Å². The number of aromatic hydroxyl groups is 1. The van der Waals surface area contributed by atoms with Crippen molar-refractivity contribution in [3.63, 3.8) is 0 Å². The number of halogens is 2. The van der Waals surface area contributed by atoms with Gasteiger partial charge >= 0.3 is 0 Å². The van der Waals surface area contributed by atoms with Crippen LogP contribution >= 0.6 is 15.9 Å². The molecule has 5 nitrogen and oxygen atoms in total. The molecule has 3 aromatic carbocycles. The molecule has 0 aliphatic carbocycles. The number of rotatable bonds is 3. The van der Waals surface area contributed by atoms with Crippen LogP contribution in [0.1, 0.15) is 22.7 Å². The fourth-order valence-electron chi connectivity index (χ4n) is 3.68. The molecule has 1 unspecified atom stereocenters. The van der Waals surface area contributed by atoms with Gasteiger partial charge in [0, 0.05) is 15.7 Å². The van der Waals surface area contributed by atoms with Crippen LogP contribution in [0.3, 0.4) is 0 Å². The first-order valence-corrected chi connectivity index (χ1v) is 10.2. The molecular formula is C24H17BrFNO4. The van der Waals surface area contributed by atoms with Gasteiger partial charge < -0.3 is 10.2 Å². The number of carbonyl (C=O) groups excluding carboxylic acids is 2.